The molecule has 5 heteroatoms. The Balaban J connectivity index is 1.34. The van der Waals surface area contributed by atoms with Crippen LogP contribution in [0, 0.1) is 0 Å². The number of para-hydroxylation sites is 1. The molecule has 0 unspecified atom stereocenters. The molecule has 3 N–H and O–H groups in total. The molecule has 1 aliphatic heterocycles. The normalized spacial score (nSPS) is 12.4. The fourth-order valence-corrected chi connectivity index (χ4v) is 5.20. The molecule has 2 aromatic carbocycles. The summed E-state index contributed by atoms with van der Waals surface area (Å²) in [5.41, 5.74) is 11.0. The van der Waals surface area contributed by atoms with Gasteiger partial charge in [0, 0.05) is 22.9 Å². The number of hydrogen-bond acceptors (Lipinski definition) is 4. The summed E-state index contributed by atoms with van der Waals surface area (Å²) in [7, 11) is 0. The predicted molar refractivity (Wildman–Crippen MR) is 141 cm³/mol. The zero-order valence-corrected chi connectivity index (χ0v) is 19.9. The van der Waals surface area contributed by atoms with Gasteiger partial charge >= 0.3 is 0 Å². The predicted octanol–water partition coefficient (Wildman–Crippen LogP) is 5.36. The minimum Gasteiger partial charge on any atom is -0.330 e. The molecule has 0 aliphatic carbocycles. The van der Waals surface area contributed by atoms with Gasteiger partial charge in [-0.2, -0.15) is 0 Å². The van der Waals surface area contributed by atoms with Gasteiger partial charge < -0.3 is 15.6 Å². The summed E-state index contributed by atoms with van der Waals surface area (Å²) in [5.74, 6) is 0. The fraction of sp³-hybridized carbons (Fsp3) is 0.379. The van der Waals surface area contributed by atoms with Crippen LogP contribution in [0.4, 0.5) is 0 Å². The highest BCUT2D eigenvalue weighted by Crippen LogP contribution is 2.36. The zero-order valence-electron chi connectivity index (χ0n) is 19.9. The van der Waals surface area contributed by atoms with Crippen molar-refractivity contribution in [2.75, 3.05) is 13.1 Å². The number of nitrogens with two attached hydrogens (primary N) is 1. The largest absolute Gasteiger partial charge is 0.330 e. The van der Waals surface area contributed by atoms with E-state index in [-0.39, 0.29) is 5.56 Å². The van der Waals surface area contributed by atoms with Gasteiger partial charge in [0.15, 0.2) is 0 Å². The van der Waals surface area contributed by atoms with Crippen molar-refractivity contribution in [3.8, 4) is 11.4 Å². The molecular weight excluding hydrogens is 420 g/mol. The Hall–Kier alpha value is -3.02. The summed E-state index contributed by atoms with van der Waals surface area (Å²) in [6, 6.07) is 18.3. The molecule has 5 nitrogen and oxygen atoms in total. The van der Waals surface area contributed by atoms with Crippen LogP contribution in [0.25, 0.3) is 33.1 Å². The first-order valence-corrected chi connectivity index (χ1v) is 12.7. The van der Waals surface area contributed by atoms with Crippen molar-refractivity contribution in [2.45, 2.75) is 58.0 Å². The zero-order chi connectivity index (χ0) is 23.3. The smallest absolute Gasteiger partial charge is 0.259 e. The average Bonchev–Trinajstić information content (AvgIpc) is 3.23. The summed E-state index contributed by atoms with van der Waals surface area (Å²) < 4.78 is 1.90. The van der Waals surface area contributed by atoms with E-state index in [9.17, 15) is 4.79 Å². The van der Waals surface area contributed by atoms with E-state index < -0.39 is 0 Å². The number of hydrogen-bond donors (Lipinski definition) is 2. The third kappa shape index (κ3) is 4.50. The van der Waals surface area contributed by atoms with Crippen LogP contribution >= 0.6 is 0 Å². The van der Waals surface area contributed by atoms with Gasteiger partial charge in [-0.1, -0.05) is 68.5 Å². The van der Waals surface area contributed by atoms with E-state index in [1.807, 2.05) is 34.9 Å². The van der Waals surface area contributed by atoms with E-state index in [1.54, 1.807) is 0 Å². The second kappa shape index (κ2) is 10.5. The summed E-state index contributed by atoms with van der Waals surface area (Å²) >= 11 is 0. The first-order valence-electron chi connectivity index (χ1n) is 12.7. The van der Waals surface area contributed by atoms with Crippen LogP contribution in [-0.2, 0) is 13.1 Å². The van der Waals surface area contributed by atoms with Crippen LogP contribution in [0.3, 0.4) is 0 Å². The Kier molecular flexibility index (Phi) is 7.02. The van der Waals surface area contributed by atoms with Crippen LogP contribution in [-0.4, -0.2) is 22.6 Å². The Morgan fingerprint density at radius 1 is 0.882 bits per heavy atom. The maximum absolute atomic E-state index is 13.3. The number of nitrogens with one attached hydrogen (secondary N) is 1. The first-order chi connectivity index (χ1) is 16.8. The molecule has 0 spiro atoms. The van der Waals surface area contributed by atoms with Crippen LogP contribution in [0.2, 0.25) is 0 Å². The Morgan fingerprint density at radius 3 is 2.41 bits per heavy atom. The lowest BCUT2D eigenvalue weighted by Gasteiger charge is -2.13. The van der Waals surface area contributed by atoms with Crippen LogP contribution in [0.5, 0.6) is 0 Å². The molecule has 0 atom stereocenters. The molecule has 1 aliphatic rings. The Labute approximate surface area is 201 Å². The molecule has 3 heterocycles. The van der Waals surface area contributed by atoms with Crippen LogP contribution in [0.1, 0.15) is 56.1 Å². The van der Waals surface area contributed by atoms with Gasteiger partial charge in [-0.15, -0.1) is 0 Å². The number of pyridine rings is 2. The topological polar surface area (TPSA) is 72.9 Å². The summed E-state index contributed by atoms with van der Waals surface area (Å²) in [6.45, 7) is 3.20. The molecule has 4 aromatic rings. The summed E-state index contributed by atoms with van der Waals surface area (Å²) in [6.07, 6.45) is 8.77. The number of unbranched alkanes of at least 4 members (excludes halogenated alkanes) is 6. The molecule has 2 aromatic heterocycles. The first kappa shape index (κ1) is 22.8. The minimum atomic E-state index is 0.0699. The maximum atomic E-state index is 13.3. The molecule has 0 amide bonds. The van der Waals surface area contributed by atoms with E-state index in [4.69, 9.17) is 10.7 Å². The van der Waals surface area contributed by atoms with E-state index in [0.29, 0.717) is 6.54 Å². The van der Waals surface area contributed by atoms with Gasteiger partial charge in [0.05, 0.1) is 23.4 Å². The Bertz CT molecular complexity index is 1360. The van der Waals surface area contributed by atoms with Crippen molar-refractivity contribution < 1.29 is 0 Å². The van der Waals surface area contributed by atoms with Crippen molar-refractivity contribution in [3.63, 3.8) is 0 Å². The molecule has 0 fully saturated rings. The molecule has 0 saturated heterocycles. The van der Waals surface area contributed by atoms with Crippen molar-refractivity contribution in [2.24, 2.45) is 5.73 Å². The second-order valence-electron chi connectivity index (χ2n) is 9.38. The second-order valence-corrected chi connectivity index (χ2v) is 9.38. The van der Waals surface area contributed by atoms with Gasteiger partial charge in [-0.05, 0) is 55.1 Å². The quantitative estimate of drug-likeness (QED) is 0.264. The Morgan fingerprint density at radius 2 is 1.59 bits per heavy atom. The van der Waals surface area contributed by atoms with Gasteiger partial charge in [0.2, 0.25) is 0 Å². The molecule has 176 valence electrons. The van der Waals surface area contributed by atoms with Crippen molar-refractivity contribution in [1.82, 2.24) is 14.9 Å². The third-order valence-corrected chi connectivity index (χ3v) is 7.05. The molecular formula is C29H34N4O. The standard InChI is InChI=1S/C29H34N4O/c30-16-10-4-2-1-3-5-11-17-31-19-24-23-14-8-9-15-26(23)32-28-25(24)20-33-27(28)18-21-12-6-7-13-22(21)29(33)34/h6-9,12-15,18,31H,1-5,10-11,16-17,19-20,30H2. The van der Waals surface area contributed by atoms with Crippen molar-refractivity contribution in [3.05, 3.63) is 76.1 Å². The van der Waals surface area contributed by atoms with Gasteiger partial charge in [-0.3, -0.25) is 4.79 Å². The van der Waals surface area contributed by atoms with Gasteiger partial charge in [0.1, 0.15) is 0 Å². The van der Waals surface area contributed by atoms with Gasteiger partial charge in [0.25, 0.3) is 5.56 Å². The van der Waals surface area contributed by atoms with Crippen molar-refractivity contribution in [1.29, 1.82) is 0 Å². The average molecular weight is 455 g/mol. The highest BCUT2D eigenvalue weighted by molar-refractivity contribution is 5.91. The number of fused-ring (bicyclic) bond motifs is 5. The van der Waals surface area contributed by atoms with E-state index >= 15 is 0 Å². The molecule has 0 bridgehead atoms. The monoisotopic (exact) mass is 454 g/mol. The minimum absolute atomic E-state index is 0.0699. The third-order valence-electron chi connectivity index (χ3n) is 7.05. The SMILES string of the molecule is NCCCCCCCCCNCc1c2c(nc3ccccc13)-c1cc3ccccc3c(=O)n1C2. The lowest BCUT2D eigenvalue weighted by molar-refractivity contribution is 0.558. The van der Waals surface area contributed by atoms with Crippen LogP contribution < -0.4 is 16.6 Å². The number of benzene rings is 2. The molecule has 0 radical (unpaired) electrons. The van der Waals surface area contributed by atoms with E-state index in [0.717, 1.165) is 53.7 Å². The molecule has 5 rings (SSSR count). The van der Waals surface area contributed by atoms with Gasteiger partial charge in [-0.25, -0.2) is 4.98 Å². The highest BCUT2D eigenvalue weighted by atomic mass is 16.1. The molecule has 0 saturated carbocycles. The van der Waals surface area contributed by atoms with Crippen molar-refractivity contribution >= 4 is 21.7 Å². The lowest BCUT2D eigenvalue weighted by atomic mass is 10.00. The lowest BCUT2D eigenvalue weighted by Crippen LogP contribution is -2.20. The number of aromatic nitrogens is 2. The maximum Gasteiger partial charge on any atom is 0.259 e. The number of rotatable bonds is 11. The van der Waals surface area contributed by atoms with E-state index in [2.05, 4.69) is 29.6 Å². The number of nitrogens with zero attached hydrogens (tertiary/aromatic N) is 2. The summed E-state index contributed by atoms with van der Waals surface area (Å²) in [5, 5.41) is 6.60. The van der Waals surface area contributed by atoms with Crippen LogP contribution in [0.15, 0.2) is 59.4 Å². The molecule has 34 heavy (non-hydrogen) atoms. The fourth-order valence-electron chi connectivity index (χ4n) is 5.20. The summed E-state index contributed by atoms with van der Waals surface area (Å²) in [4.78, 5) is 18.3. The highest BCUT2D eigenvalue weighted by Gasteiger charge is 2.26. The van der Waals surface area contributed by atoms with E-state index in [1.165, 1.54) is 55.0 Å².